The molecule has 10 heteroatoms. The van der Waals surface area contributed by atoms with E-state index in [0.717, 1.165) is 36.6 Å². The van der Waals surface area contributed by atoms with Crippen LogP contribution in [0.15, 0.2) is 59.5 Å². The van der Waals surface area contributed by atoms with Crippen LogP contribution in [-0.2, 0) is 0 Å². The van der Waals surface area contributed by atoms with Crippen LogP contribution in [0.2, 0.25) is 0 Å². The molecule has 0 bridgehead atoms. The van der Waals surface area contributed by atoms with Gasteiger partial charge in [0.1, 0.15) is 12.0 Å². The second-order valence-corrected chi connectivity index (χ2v) is 8.82. The average molecular weight is 485 g/mol. The van der Waals surface area contributed by atoms with E-state index >= 15 is 0 Å². The van der Waals surface area contributed by atoms with Crippen molar-refractivity contribution in [1.29, 1.82) is 0 Å². The predicted octanol–water partition coefficient (Wildman–Crippen LogP) is 3.74. The Balaban J connectivity index is 1.32. The fourth-order valence-electron chi connectivity index (χ4n) is 4.41. The Hall–Kier alpha value is -3.46. The molecule has 0 saturated carbocycles. The average Bonchev–Trinajstić information content (AvgIpc) is 3.27. The molecule has 5 rings (SSSR count). The van der Waals surface area contributed by atoms with E-state index in [9.17, 15) is 13.6 Å². The first-order chi connectivity index (χ1) is 16.5. The van der Waals surface area contributed by atoms with Crippen LogP contribution in [-0.4, -0.2) is 46.1 Å². The summed E-state index contributed by atoms with van der Waals surface area (Å²) in [6, 6.07) is 5.38. The Morgan fingerprint density at radius 3 is 2.79 bits per heavy atom. The third kappa shape index (κ3) is 4.48. The largest absolute Gasteiger partial charge is 0.367 e. The van der Waals surface area contributed by atoms with Crippen LogP contribution in [0.1, 0.15) is 35.4 Å². The number of anilines is 1. The van der Waals surface area contributed by atoms with Gasteiger partial charge in [0.2, 0.25) is 0 Å². The summed E-state index contributed by atoms with van der Waals surface area (Å²) >= 11 is 6.12. The number of nitrogens with one attached hydrogen (secondary N) is 3. The predicted molar refractivity (Wildman–Crippen MR) is 126 cm³/mol. The van der Waals surface area contributed by atoms with Gasteiger partial charge in [-0.3, -0.25) is 4.79 Å². The van der Waals surface area contributed by atoms with Crippen LogP contribution in [0.4, 0.5) is 14.6 Å². The van der Waals surface area contributed by atoms with Crippen molar-refractivity contribution in [1.82, 2.24) is 25.5 Å². The topological polar surface area (TPSA) is 82.2 Å². The third-order valence-corrected chi connectivity index (χ3v) is 6.39. The monoisotopic (exact) mass is 484 g/mol. The van der Waals surface area contributed by atoms with Crippen molar-refractivity contribution >= 4 is 28.9 Å². The smallest absolute Gasteiger partial charge is 0.254 e. The Morgan fingerprint density at radius 2 is 1.97 bits per heavy atom. The molecule has 1 aromatic carbocycles. The Bertz CT molecular complexity index is 1200. The van der Waals surface area contributed by atoms with Gasteiger partial charge < -0.3 is 20.9 Å². The highest BCUT2D eigenvalue weighted by atomic mass is 35.5. The highest BCUT2D eigenvalue weighted by Gasteiger charge is 2.29. The first-order valence-electron chi connectivity index (χ1n) is 11.1. The number of rotatable bonds is 5. The lowest BCUT2D eigenvalue weighted by atomic mass is 10.0. The minimum Gasteiger partial charge on any atom is -0.367 e. The van der Waals surface area contributed by atoms with Crippen molar-refractivity contribution in [3.05, 3.63) is 82.6 Å². The van der Waals surface area contributed by atoms with E-state index in [1.807, 2.05) is 6.08 Å². The zero-order valence-corrected chi connectivity index (χ0v) is 18.9. The number of carbonyl (C=O) groups excluding carboxylic acids is 1. The van der Waals surface area contributed by atoms with E-state index in [4.69, 9.17) is 11.6 Å². The third-order valence-electron chi connectivity index (χ3n) is 6.17. The van der Waals surface area contributed by atoms with Crippen LogP contribution < -0.4 is 16.0 Å². The summed E-state index contributed by atoms with van der Waals surface area (Å²) in [5.41, 5.74) is 2.02. The molecule has 0 spiro atoms. The number of piperidine rings is 1. The van der Waals surface area contributed by atoms with Gasteiger partial charge in [-0.1, -0.05) is 11.6 Å². The Morgan fingerprint density at radius 1 is 1.18 bits per heavy atom. The van der Waals surface area contributed by atoms with Gasteiger partial charge in [-0.25, -0.2) is 18.7 Å². The number of halogens is 3. The van der Waals surface area contributed by atoms with Crippen LogP contribution >= 0.6 is 11.6 Å². The zero-order chi connectivity index (χ0) is 23.7. The summed E-state index contributed by atoms with van der Waals surface area (Å²) in [6.45, 7) is 0.925. The maximum Gasteiger partial charge on any atom is 0.254 e. The number of carbonyl (C=O) groups is 1. The van der Waals surface area contributed by atoms with Crippen molar-refractivity contribution < 1.29 is 13.6 Å². The number of fused-ring (bicyclic) bond motifs is 1. The molecule has 3 aliphatic rings. The summed E-state index contributed by atoms with van der Waals surface area (Å²) in [5.74, 6) is -0.695. The molecule has 2 atom stereocenters. The second-order valence-electron chi connectivity index (χ2n) is 8.38. The molecule has 1 aromatic heterocycles. The van der Waals surface area contributed by atoms with Gasteiger partial charge in [0, 0.05) is 48.2 Å². The summed E-state index contributed by atoms with van der Waals surface area (Å²) in [6.07, 6.45) is 8.90. The van der Waals surface area contributed by atoms with Gasteiger partial charge >= 0.3 is 0 Å². The molecule has 3 aliphatic heterocycles. The molecule has 0 aliphatic carbocycles. The van der Waals surface area contributed by atoms with Crippen molar-refractivity contribution in [2.24, 2.45) is 0 Å². The number of aromatic nitrogens is 2. The second kappa shape index (κ2) is 9.42. The maximum atomic E-state index is 14.6. The van der Waals surface area contributed by atoms with Crippen LogP contribution in [0.3, 0.4) is 0 Å². The number of amides is 1. The molecule has 1 unspecified atom stereocenters. The lowest BCUT2D eigenvalue weighted by Crippen LogP contribution is -2.47. The van der Waals surface area contributed by atoms with Gasteiger partial charge in [-0.15, -0.1) is 0 Å². The van der Waals surface area contributed by atoms with E-state index in [0.29, 0.717) is 29.5 Å². The molecule has 0 radical (unpaired) electrons. The van der Waals surface area contributed by atoms with E-state index in [1.165, 1.54) is 24.3 Å². The molecule has 1 saturated heterocycles. The highest BCUT2D eigenvalue weighted by molar-refractivity contribution is 6.31. The molecular formula is C24H23ClF2N6O. The van der Waals surface area contributed by atoms with Gasteiger partial charge in [-0.2, -0.15) is 0 Å². The van der Waals surface area contributed by atoms with Crippen molar-refractivity contribution in [3.8, 4) is 0 Å². The first-order valence-corrected chi connectivity index (χ1v) is 11.5. The SMILES string of the molecule is O=C(c1ccc(F)cc1)N1CCCC[C@@H]1CNc1nc(C2=CNC3NC=C(Cl)C=C23)ncc1F. The molecule has 1 amide bonds. The number of hydrogen-bond donors (Lipinski definition) is 3. The van der Waals surface area contributed by atoms with Gasteiger partial charge in [0.25, 0.3) is 5.91 Å². The van der Waals surface area contributed by atoms with Crippen molar-refractivity contribution in [2.45, 2.75) is 31.5 Å². The van der Waals surface area contributed by atoms with Crippen molar-refractivity contribution in [3.63, 3.8) is 0 Å². The lowest BCUT2D eigenvalue weighted by molar-refractivity contribution is 0.0628. The molecule has 176 valence electrons. The first kappa shape index (κ1) is 22.3. The Kier molecular flexibility index (Phi) is 6.19. The van der Waals surface area contributed by atoms with Crippen molar-refractivity contribution in [2.75, 3.05) is 18.4 Å². The van der Waals surface area contributed by atoms with Crippen LogP contribution in [0.5, 0.6) is 0 Å². The van der Waals surface area contributed by atoms with Gasteiger partial charge in [0.05, 0.1) is 11.2 Å². The minimum absolute atomic E-state index is 0.0695. The summed E-state index contributed by atoms with van der Waals surface area (Å²) < 4.78 is 27.8. The molecule has 4 heterocycles. The molecule has 3 N–H and O–H groups in total. The summed E-state index contributed by atoms with van der Waals surface area (Å²) in [5, 5.41) is 9.92. The zero-order valence-electron chi connectivity index (χ0n) is 18.2. The number of nitrogens with zero attached hydrogens (tertiary/aromatic N) is 3. The number of hydrogen-bond acceptors (Lipinski definition) is 6. The van der Waals surface area contributed by atoms with Gasteiger partial charge in [0.15, 0.2) is 17.5 Å². The van der Waals surface area contributed by atoms with Crippen LogP contribution in [0.25, 0.3) is 5.57 Å². The van der Waals surface area contributed by atoms with Gasteiger partial charge in [-0.05, 0) is 49.6 Å². The molecule has 34 heavy (non-hydrogen) atoms. The highest BCUT2D eigenvalue weighted by Crippen LogP contribution is 2.31. The molecular weight excluding hydrogens is 462 g/mol. The normalized spacial score (nSPS) is 21.5. The summed E-state index contributed by atoms with van der Waals surface area (Å²) in [4.78, 5) is 23.4. The van der Waals surface area contributed by atoms with E-state index < -0.39 is 5.82 Å². The number of likely N-dealkylation sites (tertiary alicyclic amines) is 1. The van der Waals surface area contributed by atoms with Crippen LogP contribution in [0, 0.1) is 11.6 Å². The minimum atomic E-state index is -0.576. The lowest BCUT2D eigenvalue weighted by Gasteiger charge is -2.36. The Labute approximate surface area is 200 Å². The number of dihydropyridines is 1. The summed E-state index contributed by atoms with van der Waals surface area (Å²) in [7, 11) is 0. The molecule has 1 fully saturated rings. The molecule has 7 nitrogen and oxygen atoms in total. The quantitative estimate of drug-likeness (QED) is 0.600. The standard InChI is InChI=1S/C24H23ClF2N6O/c25-15-9-18-19(12-30-21(18)28-10-15)22-31-13-20(27)23(32-22)29-11-17-3-1-2-8-33(17)24(34)14-4-6-16(26)7-5-14/h4-7,9-10,12-13,17,21,28,30H,1-3,8,11H2,(H,29,31,32)/t17-,21?/m1/s1. The fourth-order valence-corrected chi connectivity index (χ4v) is 4.60. The van der Waals surface area contributed by atoms with E-state index in [2.05, 4.69) is 25.9 Å². The molecule has 2 aromatic rings. The number of benzene rings is 1. The van der Waals surface area contributed by atoms with E-state index in [-0.39, 0.29) is 29.7 Å². The maximum absolute atomic E-state index is 14.6. The van der Waals surface area contributed by atoms with E-state index in [1.54, 1.807) is 17.3 Å². The fraction of sp³-hybridized carbons (Fsp3) is 0.292. The number of allylic oxidation sites excluding steroid dienone is 2.